The average Bonchev–Trinajstić information content (AvgIpc) is 2.27. The Morgan fingerprint density at radius 3 is 2.59 bits per heavy atom. The molecule has 0 amide bonds. The Morgan fingerprint density at radius 1 is 1.35 bits per heavy atom. The van der Waals surface area contributed by atoms with Crippen LogP contribution in [0.1, 0.15) is 6.92 Å². The summed E-state index contributed by atoms with van der Waals surface area (Å²) >= 11 is 1.70. The largest absolute Gasteiger partial charge is 0.266 e. The van der Waals surface area contributed by atoms with E-state index in [-0.39, 0.29) is 6.61 Å². The van der Waals surface area contributed by atoms with Crippen molar-refractivity contribution in [3.05, 3.63) is 42.0 Å². The lowest BCUT2D eigenvalue weighted by Gasteiger charge is -2.02. The molecule has 94 valence electrons. The van der Waals surface area contributed by atoms with Gasteiger partial charge in [0.05, 0.1) is 12.9 Å². The van der Waals surface area contributed by atoms with Crippen LogP contribution in [0.25, 0.3) is 0 Å². The van der Waals surface area contributed by atoms with E-state index in [1.807, 2.05) is 43.3 Å². The molecule has 0 fully saturated rings. The second-order valence-electron chi connectivity index (χ2n) is 3.64. The third-order valence-corrected chi connectivity index (χ3v) is 3.41. The molecule has 1 rings (SSSR count). The highest BCUT2D eigenvalue weighted by Crippen LogP contribution is 2.17. The van der Waals surface area contributed by atoms with Crippen molar-refractivity contribution in [3.63, 3.8) is 0 Å². The minimum absolute atomic E-state index is 0.133. The Kier molecular flexibility index (Phi) is 5.74. The lowest BCUT2D eigenvalue weighted by molar-refractivity contribution is 0.352. The minimum atomic E-state index is -3.34. The fraction of sp³-hybridized carbons (Fsp3) is 0.333. The topological polar surface area (TPSA) is 43.4 Å². The molecule has 0 radical (unpaired) electrons. The molecule has 17 heavy (non-hydrogen) atoms. The van der Waals surface area contributed by atoms with Gasteiger partial charge in [0.15, 0.2) is 0 Å². The van der Waals surface area contributed by atoms with E-state index in [4.69, 9.17) is 0 Å². The van der Waals surface area contributed by atoms with Crippen LogP contribution in [0, 0.1) is 0 Å². The quantitative estimate of drug-likeness (QED) is 0.454. The lowest BCUT2D eigenvalue weighted by atomic mass is 10.3. The monoisotopic (exact) mass is 272 g/mol. The summed E-state index contributed by atoms with van der Waals surface area (Å²) in [5.74, 6) is 0.809. The summed E-state index contributed by atoms with van der Waals surface area (Å²) < 4.78 is 26.2. The van der Waals surface area contributed by atoms with Crippen LogP contribution >= 0.6 is 11.8 Å². The molecule has 0 atom stereocenters. The Hall–Kier alpha value is -0.780. The summed E-state index contributed by atoms with van der Waals surface area (Å²) in [5, 5.41) is 0. The molecule has 0 saturated heterocycles. The third kappa shape index (κ3) is 7.20. The molecule has 0 aromatic heterocycles. The summed E-state index contributed by atoms with van der Waals surface area (Å²) in [4.78, 5) is 1.19. The second kappa shape index (κ2) is 6.83. The molecule has 5 heteroatoms. The van der Waals surface area contributed by atoms with Crippen LogP contribution in [0.2, 0.25) is 0 Å². The summed E-state index contributed by atoms with van der Waals surface area (Å²) in [5.41, 5.74) is 0.916. The molecule has 0 aliphatic carbocycles. The first-order chi connectivity index (χ1) is 7.97. The molecule has 0 heterocycles. The number of rotatable bonds is 6. The van der Waals surface area contributed by atoms with Crippen molar-refractivity contribution in [2.24, 2.45) is 0 Å². The Labute approximate surface area is 107 Å². The van der Waals surface area contributed by atoms with E-state index in [0.717, 1.165) is 17.6 Å². The molecule has 0 aliphatic heterocycles. The van der Waals surface area contributed by atoms with E-state index in [2.05, 4.69) is 4.18 Å². The molecule has 0 saturated carbocycles. The van der Waals surface area contributed by atoms with Gasteiger partial charge in [-0.1, -0.05) is 24.3 Å². The van der Waals surface area contributed by atoms with E-state index < -0.39 is 10.1 Å². The second-order valence-corrected chi connectivity index (χ2v) is 6.38. The van der Waals surface area contributed by atoms with Crippen molar-refractivity contribution in [2.45, 2.75) is 11.8 Å². The van der Waals surface area contributed by atoms with Gasteiger partial charge in [-0.05, 0) is 24.6 Å². The lowest BCUT2D eigenvalue weighted by Crippen LogP contribution is -2.04. The van der Waals surface area contributed by atoms with Crippen molar-refractivity contribution < 1.29 is 12.6 Å². The van der Waals surface area contributed by atoms with Gasteiger partial charge in [0.25, 0.3) is 10.1 Å². The maximum atomic E-state index is 10.8. The van der Waals surface area contributed by atoms with Crippen LogP contribution < -0.4 is 0 Å². The van der Waals surface area contributed by atoms with Gasteiger partial charge in [-0.3, -0.25) is 4.18 Å². The first-order valence-corrected chi connectivity index (χ1v) is 7.95. The SMILES string of the molecule is C/C(=C\CSc1ccccc1)COS(C)(=O)=O. The molecule has 1 aromatic carbocycles. The fourth-order valence-electron chi connectivity index (χ4n) is 1.06. The normalized spacial score (nSPS) is 12.7. The molecule has 3 nitrogen and oxygen atoms in total. The highest BCUT2D eigenvalue weighted by atomic mass is 32.2. The van der Waals surface area contributed by atoms with E-state index in [1.165, 1.54) is 4.90 Å². The van der Waals surface area contributed by atoms with Crippen LogP contribution in [0.4, 0.5) is 0 Å². The first-order valence-electron chi connectivity index (χ1n) is 5.15. The Morgan fingerprint density at radius 2 is 2.00 bits per heavy atom. The molecule has 0 N–H and O–H groups in total. The van der Waals surface area contributed by atoms with Gasteiger partial charge in [-0.15, -0.1) is 11.8 Å². The van der Waals surface area contributed by atoms with Gasteiger partial charge in [0.2, 0.25) is 0 Å². The van der Waals surface area contributed by atoms with Gasteiger partial charge in [0.1, 0.15) is 0 Å². The van der Waals surface area contributed by atoms with Gasteiger partial charge < -0.3 is 0 Å². The van der Waals surface area contributed by atoms with E-state index in [1.54, 1.807) is 11.8 Å². The van der Waals surface area contributed by atoms with Gasteiger partial charge in [-0.25, -0.2) is 0 Å². The minimum Gasteiger partial charge on any atom is -0.266 e. The molecule has 0 aliphatic rings. The average molecular weight is 272 g/mol. The molecule has 0 bridgehead atoms. The van der Waals surface area contributed by atoms with Gasteiger partial charge >= 0.3 is 0 Å². The van der Waals surface area contributed by atoms with E-state index in [0.29, 0.717) is 0 Å². The summed E-state index contributed by atoms with van der Waals surface area (Å²) in [6, 6.07) is 10.0. The van der Waals surface area contributed by atoms with Crippen molar-refractivity contribution in [1.82, 2.24) is 0 Å². The van der Waals surface area contributed by atoms with Crippen molar-refractivity contribution in [3.8, 4) is 0 Å². The zero-order valence-corrected chi connectivity index (χ0v) is 11.6. The zero-order chi connectivity index (χ0) is 12.7. The van der Waals surface area contributed by atoms with Crippen LogP contribution in [-0.4, -0.2) is 27.0 Å². The van der Waals surface area contributed by atoms with Crippen molar-refractivity contribution in [1.29, 1.82) is 0 Å². The molecule has 1 aromatic rings. The van der Waals surface area contributed by atoms with Gasteiger partial charge in [0, 0.05) is 10.6 Å². The first kappa shape index (κ1) is 14.3. The third-order valence-electron chi connectivity index (χ3n) is 1.93. The number of hydrogen-bond donors (Lipinski definition) is 0. The standard InChI is InChI=1S/C12H16O3S2/c1-11(10-15-17(2,13)14)8-9-16-12-6-4-3-5-7-12/h3-8H,9-10H2,1-2H3/b11-8+. The number of hydrogen-bond acceptors (Lipinski definition) is 4. The maximum Gasteiger partial charge on any atom is 0.264 e. The highest BCUT2D eigenvalue weighted by molar-refractivity contribution is 7.99. The summed E-state index contributed by atoms with van der Waals surface area (Å²) in [6.07, 6.45) is 3.03. The predicted octanol–water partition coefficient (Wildman–Crippen LogP) is 2.70. The smallest absolute Gasteiger partial charge is 0.264 e. The Balaban J connectivity index is 2.34. The molecule has 0 spiro atoms. The molecule has 0 unspecified atom stereocenters. The Bertz CT molecular complexity index is 464. The summed E-state index contributed by atoms with van der Waals surface area (Å²) in [6.45, 7) is 1.99. The number of benzene rings is 1. The molecular weight excluding hydrogens is 256 g/mol. The van der Waals surface area contributed by atoms with Crippen LogP contribution in [-0.2, 0) is 14.3 Å². The van der Waals surface area contributed by atoms with Crippen molar-refractivity contribution >= 4 is 21.9 Å². The van der Waals surface area contributed by atoms with Crippen LogP contribution in [0.5, 0.6) is 0 Å². The van der Waals surface area contributed by atoms with E-state index in [9.17, 15) is 8.42 Å². The zero-order valence-electron chi connectivity index (χ0n) is 9.92. The number of thioether (sulfide) groups is 1. The highest BCUT2D eigenvalue weighted by Gasteiger charge is 2.01. The van der Waals surface area contributed by atoms with Gasteiger partial charge in [-0.2, -0.15) is 8.42 Å². The maximum absolute atomic E-state index is 10.8. The summed E-state index contributed by atoms with van der Waals surface area (Å²) in [7, 11) is -3.34. The molecular formula is C12H16O3S2. The predicted molar refractivity (Wildman–Crippen MR) is 71.7 cm³/mol. The van der Waals surface area contributed by atoms with E-state index >= 15 is 0 Å². The van der Waals surface area contributed by atoms with Crippen LogP contribution in [0.15, 0.2) is 46.9 Å². The van der Waals surface area contributed by atoms with Crippen molar-refractivity contribution in [2.75, 3.05) is 18.6 Å². The fourth-order valence-corrected chi connectivity index (χ4v) is 2.37. The van der Waals surface area contributed by atoms with Crippen LogP contribution in [0.3, 0.4) is 0 Å².